The first-order valence-corrected chi connectivity index (χ1v) is 10.1. The number of aliphatic hydroxyl groups is 1. The van der Waals surface area contributed by atoms with Crippen molar-refractivity contribution in [1.82, 2.24) is 9.80 Å². The molecule has 1 aliphatic heterocycles. The van der Waals surface area contributed by atoms with Crippen LogP contribution in [-0.4, -0.2) is 59.8 Å². The van der Waals surface area contributed by atoms with E-state index < -0.39 is 29.5 Å². The predicted octanol–water partition coefficient (Wildman–Crippen LogP) is 3.04. The highest BCUT2D eigenvalue weighted by molar-refractivity contribution is 6.46. The first-order chi connectivity index (χ1) is 15.1. The van der Waals surface area contributed by atoms with Crippen LogP contribution in [-0.2, 0) is 14.4 Å². The normalized spacial score (nSPS) is 17.8. The van der Waals surface area contributed by atoms with Gasteiger partial charge in [-0.1, -0.05) is 12.1 Å². The maximum Gasteiger partial charge on any atom is 0.308 e. The molecule has 2 aromatic carbocycles. The summed E-state index contributed by atoms with van der Waals surface area (Å²) in [4.78, 5) is 40.3. The number of likely N-dealkylation sites (N-methyl/N-ethyl adjacent to an activating group) is 1. The average molecular weight is 440 g/mol. The highest BCUT2D eigenvalue weighted by Crippen LogP contribution is 2.39. The zero-order valence-electron chi connectivity index (χ0n) is 18.4. The van der Waals surface area contributed by atoms with E-state index in [2.05, 4.69) is 0 Å². The number of ketones is 1. The molecule has 1 N–H and O–H groups in total. The number of nitrogens with zero attached hydrogens (tertiary/aromatic N) is 2. The molecule has 8 heteroatoms. The molecule has 1 amide bonds. The third-order valence-electron chi connectivity index (χ3n) is 5.22. The molecule has 0 bridgehead atoms. The lowest BCUT2D eigenvalue weighted by atomic mass is 9.94. The smallest absolute Gasteiger partial charge is 0.308 e. The zero-order chi connectivity index (χ0) is 23.6. The van der Waals surface area contributed by atoms with Gasteiger partial charge in [0.1, 0.15) is 17.3 Å². The lowest BCUT2D eigenvalue weighted by molar-refractivity contribution is -0.140. The number of carbonyl (C=O) groups is 3. The monoisotopic (exact) mass is 440 g/mol. The third kappa shape index (κ3) is 4.70. The molecule has 1 atom stereocenters. The van der Waals surface area contributed by atoms with Crippen molar-refractivity contribution in [2.75, 3.05) is 27.2 Å². The van der Waals surface area contributed by atoms with Crippen LogP contribution in [0.25, 0.3) is 5.76 Å². The Morgan fingerprint density at radius 2 is 1.81 bits per heavy atom. The van der Waals surface area contributed by atoms with Crippen LogP contribution in [0.1, 0.15) is 29.7 Å². The van der Waals surface area contributed by atoms with E-state index in [1.807, 2.05) is 19.0 Å². The number of Topliss-reactive ketones (excluding diaryl/α,β-unsaturated/α-hetero) is 1. The molecule has 1 aliphatic rings. The molecule has 2 aromatic rings. The average Bonchev–Trinajstić information content (AvgIpc) is 2.98. The summed E-state index contributed by atoms with van der Waals surface area (Å²) in [6.45, 7) is 3.60. The summed E-state index contributed by atoms with van der Waals surface area (Å²) in [6, 6.07) is 9.56. The summed E-state index contributed by atoms with van der Waals surface area (Å²) in [5.74, 6) is -2.49. The Morgan fingerprint density at radius 3 is 2.38 bits per heavy atom. The molecule has 1 heterocycles. The summed E-state index contributed by atoms with van der Waals surface area (Å²) in [5, 5.41) is 11.0. The minimum atomic E-state index is -0.841. The van der Waals surface area contributed by atoms with Crippen LogP contribution in [0.3, 0.4) is 0 Å². The number of carbonyl (C=O) groups excluding carboxylic acids is 3. The second-order valence-electron chi connectivity index (χ2n) is 7.92. The second kappa shape index (κ2) is 9.32. The number of hydrogen-bond acceptors (Lipinski definition) is 6. The number of aliphatic hydroxyl groups excluding tert-OH is 1. The number of benzene rings is 2. The van der Waals surface area contributed by atoms with Gasteiger partial charge in [0, 0.05) is 25.6 Å². The molecule has 0 aliphatic carbocycles. The Morgan fingerprint density at radius 1 is 1.16 bits per heavy atom. The van der Waals surface area contributed by atoms with Gasteiger partial charge in [-0.25, -0.2) is 4.39 Å². The van der Waals surface area contributed by atoms with E-state index in [0.717, 1.165) is 0 Å². The SMILES string of the molecule is CC(=O)Oc1ccc(C2/C(=C(/O)c3ccc(F)c(C)c3)C(=O)C(=O)N2CCN(C)C)cc1. The molecule has 1 fully saturated rings. The maximum absolute atomic E-state index is 13.7. The molecule has 7 nitrogen and oxygen atoms in total. The summed E-state index contributed by atoms with van der Waals surface area (Å²) in [6.07, 6.45) is 0. The van der Waals surface area contributed by atoms with Crippen LogP contribution in [0, 0.1) is 12.7 Å². The van der Waals surface area contributed by atoms with Crippen molar-refractivity contribution in [3.8, 4) is 5.75 Å². The maximum atomic E-state index is 13.7. The third-order valence-corrected chi connectivity index (χ3v) is 5.22. The number of hydrogen-bond donors (Lipinski definition) is 1. The number of likely N-dealkylation sites (tertiary alicyclic amines) is 1. The number of esters is 1. The predicted molar refractivity (Wildman–Crippen MR) is 116 cm³/mol. The van der Waals surface area contributed by atoms with Gasteiger partial charge >= 0.3 is 5.97 Å². The first kappa shape index (κ1) is 23.1. The van der Waals surface area contributed by atoms with Crippen molar-refractivity contribution in [1.29, 1.82) is 0 Å². The first-order valence-electron chi connectivity index (χ1n) is 10.1. The van der Waals surface area contributed by atoms with Gasteiger partial charge in [0.05, 0.1) is 11.6 Å². The second-order valence-corrected chi connectivity index (χ2v) is 7.92. The topological polar surface area (TPSA) is 87.1 Å². The van der Waals surface area contributed by atoms with Crippen LogP contribution in [0.5, 0.6) is 5.75 Å². The largest absolute Gasteiger partial charge is 0.507 e. The molecule has 0 radical (unpaired) electrons. The quantitative estimate of drug-likeness (QED) is 0.244. The number of amides is 1. The van der Waals surface area contributed by atoms with Crippen LogP contribution in [0.15, 0.2) is 48.0 Å². The standard InChI is InChI=1S/C24H25FN2O5/c1-14-13-17(7-10-19(14)25)22(29)20-21(16-5-8-18(9-6-16)32-15(2)28)27(12-11-26(3)4)24(31)23(20)30/h5-10,13,21,29H,11-12H2,1-4H3/b22-20-. The van der Waals surface area contributed by atoms with Crippen molar-refractivity contribution >= 4 is 23.4 Å². The minimum Gasteiger partial charge on any atom is -0.507 e. The summed E-state index contributed by atoms with van der Waals surface area (Å²) in [7, 11) is 3.70. The van der Waals surface area contributed by atoms with E-state index in [1.54, 1.807) is 31.2 Å². The molecule has 0 spiro atoms. The molecular formula is C24H25FN2O5. The minimum absolute atomic E-state index is 0.0694. The lowest BCUT2D eigenvalue weighted by Gasteiger charge is -2.26. The van der Waals surface area contributed by atoms with E-state index in [1.165, 1.54) is 30.0 Å². The van der Waals surface area contributed by atoms with Crippen LogP contribution in [0.4, 0.5) is 4.39 Å². The number of aryl methyl sites for hydroxylation is 1. The van der Waals surface area contributed by atoms with Crippen LogP contribution < -0.4 is 4.74 Å². The van der Waals surface area contributed by atoms with Gasteiger partial charge in [-0.3, -0.25) is 14.4 Å². The van der Waals surface area contributed by atoms with Gasteiger partial charge in [0.15, 0.2) is 0 Å². The van der Waals surface area contributed by atoms with Gasteiger partial charge in [-0.2, -0.15) is 0 Å². The van der Waals surface area contributed by atoms with Crippen LogP contribution in [0.2, 0.25) is 0 Å². The van der Waals surface area contributed by atoms with E-state index in [9.17, 15) is 23.9 Å². The van der Waals surface area contributed by atoms with Crippen molar-refractivity contribution in [3.63, 3.8) is 0 Å². The summed E-state index contributed by atoms with van der Waals surface area (Å²) in [5.41, 5.74) is 1.05. The van der Waals surface area contributed by atoms with Crippen molar-refractivity contribution in [2.45, 2.75) is 19.9 Å². The fraction of sp³-hybridized carbons (Fsp3) is 0.292. The summed E-state index contributed by atoms with van der Waals surface area (Å²) < 4.78 is 18.8. The number of ether oxygens (including phenoxy) is 1. The fourth-order valence-electron chi connectivity index (χ4n) is 3.60. The van der Waals surface area contributed by atoms with Gasteiger partial charge in [-0.05, 0) is 62.5 Å². The summed E-state index contributed by atoms with van der Waals surface area (Å²) >= 11 is 0. The Bertz CT molecular complexity index is 1090. The van der Waals surface area contributed by atoms with Gasteiger partial charge in [0.25, 0.3) is 11.7 Å². The van der Waals surface area contributed by atoms with Gasteiger partial charge in [-0.15, -0.1) is 0 Å². The lowest BCUT2D eigenvalue weighted by Crippen LogP contribution is -2.35. The van der Waals surface area contributed by atoms with E-state index in [-0.39, 0.29) is 23.4 Å². The van der Waals surface area contributed by atoms with Crippen molar-refractivity contribution in [2.24, 2.45) is 0 Å². The Kier molecular flexibility index (Phi) is 6.74. The highest BCUT2D eigenvalue weighted by atomic mass is 19.1. The van der Waals surface area contributed by atoms with Crippen LogP contribution >= 0.6 is 0 Å². The molecule has 168 valence electrons. The number of halogens is 1. The number of rotatable bonds is 6. The zero-order valence-corrected chi connectivity index (χ0v) is 18.4. The van der Waals surface area contributed by atoms with Gasteiger partial charge in [0.2, 0.25) is 0 Å². The highest BCUT2D eigenvalue weighted by Gasteiger charge is 2.45. The molecule has 0 saturated carbocycles. The fourth-order valence-corrected chi connectivity index (χ4v) is 3.60. The Labute approximate surface area is 185 Å². The molecule has 32 heavy (non-hydrogen) atoms. The van der Waals surface area contributed by atoms with E-state index >= 15 is 0 Å². The van der Waals surface area contributed by atoms with E-state index in [4.69, 9.17) is 4.74 Å². The van der Waals surface area contributed by atoms with Crippen molar-refractivity contribution in [3.05, 3.63) is 70.5 Å². The van der Waals surface area contributed by atoms with E-state index in [0.29, 0.717) is 23.4 Å². The molecular weight excluding hydrogens is 415 g/mol. The Balaban J connectivity index is 2.12. The molecule has 3 rings (SSSR count). The Hall–Kier alpha value is -3.52. The molecule has 1 saturated heterocycles. The van der Waals surface area contributed by atoms with Crippen molar-refractivity contribution < 1.29 is 28.6 Å². The molecule has 0 aromatic heterocycles. The van der Waals surface area contributed by atoms with Gasteiger partial charge < -0.3 is 19.6 Å². The molecule has 1 unspecified atom stereocenters.